The maximum atomic E-state index is 5.89. The summed E-state index contributed by atoms with van der Waals surface area (Å²) in [5.41, 5.74) is 1.18. The maximum absolute atomic E-state index is 5.89. The van der Waals surface area contributed by atoms with Crippen LogP contribution in [0, 0.1) is 0 Å². The molecule has 106 valence electrons. The highest BCUT2D eigenvalue weighted by atomic mass is 16.6. The average molecular weight is 265 g/mol. The third kappa shape index (κ3) is 3.69. The zero-order valence-electron chi connectivity index (χ0n) is 11.7. The number of para-hydroxylation sites is 1. The van der Waals surface area contributed by atoms with E-state index in [1.807, 2.05) is 25.1 Å². The first-order valence-electron chi connectivity index (χ1n) is 7.01. The molecular formula is C15H23NO3. The van der Waals surface area contributed by atoms with Gasteiger partial charge in [-0.15, -0.1) is 0 Å². The van der Waals surface area contributed by atoms with Gasteiger partial charge in [-0.05, 0) is 19.5 Å². The molecule has 2 unspecified atom stereocenters. The molecule has 0 aliphatic carbocycles. The van der Waals surface area contributed by atoms with Gasteiger partial charge in [0, 0.05) is 12.2 Å². The van der Waals surface area contributed by atoms with E-state index in [1.165, 1.54) is 5.56 Å². The number of benzene rings is 1. The summed E-state index contributed by atoms with van der Waals surface area (Å²) in [4.78, 5) is 0. The lowest BCUT2D eigenvalue weighted by atomic mass is 9.98. The Kier molecular flexibility index (Phi) is 5.63. The minimum atomic E-state index is 0.0373. The van der Waals surface area contributed by atoms with Gasteiger partial charge in [-0.2, -0.15) is 0 Å². The summed E-state index contributed by atoms with van der Waals surface area (Å²) >= 11 is 0. The molecule has 0 saturated heterocycles. The van der Waals surface area contributed by atoms with Crippen LogP contribution in [-0.4, -0.2) is 39.1 Å². The third-order valence-corrected chi connectivity index (χ3v) is 3.22. The minimum Gasteiger partial charge on any atom is -0.490 e. The van der Waals surface area contributed by atoms with Crippen molar-refractivity contribution in [3.8, 4) is 5.75 Å². The second-order valence-electron chi connectivity index (χ2n) is 4.49. The van der Waals surface area contributed by atoms with Crippen molar-refractivity contribution in [1.82, 2.24) is 5.32 Å². The van der Waals surface area contributed by atoms with Crippen LogP contribution in [0.25, 0.3) is 0 Å². The van der Waals surface area contributed by atoms with Gasteiger partial charge >= 0.3 is 0 Å². The molecule has 0 fully saturated rings. The number of likely N-dealkylation sites (N-methyl/N-ethyl adjacent to an activating group) is 1. The number of hydrogen-bond acceptors (Lipinski definition) is 4. The third-order valence-electron chi connectivity index (χ3n) is 3.22. The van der Waals surface area contributed by atoms with Crippen LogP contribution in [-0.2, 0) is 9.47 Å². The predicted octanol–water partition coefficient (Wildman–Crippen LogP) is 2.15. The molecule has 0 spiro atoms. The molecule has 0 aromatic heterocycles. The molecule has 2 rings (SSSR count). The molecular weight excluding hydrogens is 242 g/mol. The van der Waals surface area contributed by atoms with Crippen molar-refractivity contribution in [2.75, 3.05) is 33.0 Å². The Hall–Kier alpha value is -1.10. The van der Waals surface area contributed by atoms with E-state index in [9.17, 15) is 0 Å². The van der Waals surface area contributed by atoms with Crippen molar-refractivity contribution in [3.05, 3.63) is 29.8 Å². The summed E-state index contributed by atoms with van der Waals surface area (Å²) in [6.45, 7) is 7.55. The van der Waals surface area contributed by atoms with E-state index in [1.54, 1.807) is 0 Å². The lowest BCUT2D eigenvalue weighted by Gasteiger charge is -2.34. The van der Waals surface area contributed by atoms with Gasteiger partial charge in [-0.25, -0.2) is 0 Å². The fourth-order valence-electron chi connectivity index (χ4n) is 2.35. The van der Waals surface area contributed by atoms with Crippen LogP contribution in [0.4, 0.5) is 0 Å². The quantitative estimate of drug-likeness (QED) is 0.767. The van der Waals surface area contributed by atoms with E-state index in [-0.39, 0.29) is 12.1 Å². The molecule has 1 aromatic carbocycles. The number of fused-ring (bicyclic) bond motifs is 1. The van der Waals surface area contributed by atoms with Gasteiger partial charge in [0.2, 0.25) is 0 Å². The molecule has 2 atom stereocenters. The highest BCUT2D eigenvalue weighted by molar-refractivity contribution is 5.38. The van der Waals surface area contributed by atoms with Crippen molar-refractivity contribution in [1.29, 1.82) is 0 Å². The van der Waals surface area contributed by atoms with E-state index in [0.29, 0.717) is 19.8 Å². The first kappa shape index (κ1) is 14.3. The van der Waals surface area contributed by atoms with E-state index in [2.05, 4.69) is 18.3 Å². The highest BCUT2D eigenvalue weighted by Gasteiger charge is 2.30. The van der Waals surface area contributed by atoms with Crippen molar-refractivity contribution >= 4 is 0 Å². The van der Waals surface area contributed by atoms with Crippen LogP contribution in [0.15, 0.2) is 24.3 Å². The summed E-state index contributed by atoms with van der Waals surface area (Å²) in [6.07, 6.45) is 0.0373. The fourth-order valence-corrected chi connectivity index (χ4v) is 2.35. The number of rotatable bonds is 7. The lowest BCUT2D eigenvalue weighted by molar-refractivity contribution is -0.0382. The van der Waals surface area contributed by atoms with E-state index < -0.39 is 0 Å². The maximum Gasteiger partial charge on any atom is 0.124 e. The second kappa shape index (κ2) is 7.48. The predicted molar refractivity (Wildman–Crippen MR) is 74.6 cm³/mol. The molecule has 19 heavy (non-hydrogen) atoms. The van der Waals surface area contributed by atoms with Crippen molar-refractivity contribution in [2.45, 2.75) is 26.0 Å². The standard InChI is InChI=1S/C15H23NO3/c1-3-16-15-12-7-5-6-8-13(12)19-11-14(15)18-10-9-17-4-2/h5-8,14-16H,3-4,9-11H2,1-2H3. The molecule has 0 bridgehead atoms. The molecule has 0 amide bonds. The Morgan fingerprint density at radius 1 is 1.26 bits per heavy atom. The Morgan fingerprint density at radius 3 is 2.89 bits per heavy atom. The summed E-state index contributed by atoms with van der Waals surface area (Å²) in [5.74, 6) is 0.957. The second-order valence-corrected chi connectivity index (χ2v) is 4.49. The van der Waals surface area contributed by atoms with Crippen LogP contribution in [0.1, 0.15) is 25.5 Å². The van der Waals surface area contributed by atoms with E-state index in [4.69, 9.17) is 14.2 Å². The number of hydrogen-bond donors (Lipinski definition) is 1. The average Bonchev–Trinajstić information content (AvgIpc) is 2.45. The van der Waals surface area contributed by atoms with Crippen molar-refractivity contribution in [2.24, 2.45) is 0 Å². The molecule has 4 nitrogen and oxygen atoms in total. The molecule has 1 N–H and O–H groups in total. The number of nitrogens with one attached hydrogen (secondary N) is 1. The summed E-state index contributed by atoms with van der Waals surface area (Å²) < 4.78 is 17.0. The van der Waals surface area contributed by atoms with Gasteiger partial charge in [-0.3, -0.25) is 0 Å². The zero-order chi connectivity index (χ0) is 13.5. The first-order chi connectivity index (χ1) is 9.36. The molecule has 0 saturated carbocycles. The van der Waals surface area contributed by atoms with Crippen LogP contribution in [0.5, 0.6) is 5.75 Å². The van der Waals surface area contributed by atoms with Gasteiger partial charge in [0.25, 0.3) is 0 Å². The topological polar surface area (TPSA) is 39.7 Å². The van der Waals surface area contributed by atoms with Gasteiger partial charge in [0.1, 0.15) is 18.5 Å². The molecule has 0 radical (unpaired) electrons. The SMILES string of the molecule is CCNC1c2ccccc2OCC1OCCOCC. The van der Waals surface area contributed by atoms with Crippen LogP contribution < -0.4 is 10.1 Å². The van der Waals surface area contributed by atoms with Crippen LogP contribution in [0.2, 0.25) is 0 Å². The van der Waals surface area contributed by atoms with Crippen molar-refractivity contribution in [3.63, 3.8) is 0 Å². The first-order valence-corrected chi connectivity index (χ1v) is 7.01. The Morgan fingerprint density at radius 2 is 2.11 bits per heavy atom. The lowest BCUT2D eigenvalue weighted by Crippen LogP contribution is -2.41. The summed E-state index contributed by atoms with van der Waals surface area (Å²) in [7, 11) is 0. The number of ether oxygens (including phenoxy) is 3. The molecule has 1 aromatic rings. The van der Waals surface area contributed by atoms with Gasteiger partial charge in [-0.1, -0.05) is 25.1 Å². The Labute approximate surface area is 115 Å². The molecule has 1 aliphatic heterocycles. The Balaban J connectivity index is 2.00. The largest absolute Gasteiger partial charge is 0.490 e. The van der Waals surface area contributed by atoms with E-state index in [0.717, 1.165) is 18.9 Å². The Bertz CT molecular complexity index is 383. The van der Waals surface area contributed by atoms with Crippen molar-refractivity contribution < 1.29 is 14.2 Å². The molecule has 1 aliphatic rings. The molecule has 1 heterocycles. The normalized spacial score (nSPS) is 21.8. The monoisotopic (exact) mass is 265 g/mol. The smallest absolute Gasteiger partial charge is 0.124 e. The molecule has 4 heteroatoms. The summed E-state index contributed by atoms with van der Waals surface area (Å²) in [5, 5.41) is 3.49. The minimum absolute atomic E-state index is 0.0373. The van der Waals surface area contributed by atoms with E-state index >= 15 is 0 Å². The van der Waals surface area contributed by atoms with Crippen LogP contribution >= 0.6 is 0 Å². The van der Waals surface area contributed by atoms with Gasteiger partial charge in [0.15, 0.2) is 0 Å². The van der Waals surface area contributed by atoms with Gasteiger partial charge in [0.05, 0.1) is 19.3 Å². The fraction of sp³-hybridized carbons (Fsp3) is 0.600. The summed E-state index contributed by atoms with van der Waals surface area (Å²) in [6, 6.07) is 8.33. The van der Waals surface area contributed by atoms with Gasteiger partial charge < -0.3 is 19.5 Å². The van der Waals surface area contributed by atoms with Crippen LogP contribution in [0.3, 0.4) is 0 Å². The highest BCUT2D eigenvalue weighted by Crippen LogP contribution is 2.33. The zero-order valence-corrected chi connectivity index (χ0v) is 11.7.